The molecule has 0 radical (unpaired) electrons. The average Bonchev–Trinajstić information content (AvgIpc) is 3.12. The lowest BCUT2D eigenvalue weighted by atomic mass is 9.35. The van der Waals surface area contributed by atoms with Crippen molar-refractivity contribution in [2.45, 2.75) is 125 Å². The monoisotopic (exact) mass is 484 g/mol. The number of aliphatic hydroxyl groups excluding tert-OH is 1. The van der Waals surface area contributed by atoms with Crippen LogP contribution in [-0.4, -0.2) is 23.3 Å². The Labute approximate surface area is 215 Å². The van der Waals surface area contributed by atoms with E-state index in [0.29, 0.717) is 34.0 Å². The van der Waals surface area contributed by atoms with Crippen molar-refractivity contribution in [3.8, 4) is 0 Å². The molecular weight excluding hydrogens is 432 g/mol. The van der Waals surface area contributed by atoms with Gasteiger partial charge in [0.1, 0.15) is 6.10 Å². The minimum absolute atomic E-state index is 0.0222. The van der Waals surface area contributed by atoms with Gasteiger partial charge in [0, 0.05) is 12.3 Å². The molecule has 0 heterocycles. The normalized spacial score (nSPS) is 45.0. The van der Waals surface area contributed by atoms with Crippen molar-refractivity contribution in [2.75, 3.05) is 0 Å². The van der Waals surface area contributed by atoms with Crippen molar-refractivity contribution in [2.24, 2.45) is 45.3 Å². The van der Waals surface area contributed by atoms with E-state index < -0.39 is 6.10 Å². The van der Waals surface area contributed by atoms with E-state index >= 15 is 0 Å². The third-order valence-electron chi connectivity index (χ3n) is 12.5. The van der Waals surface area contributed by atoms with Gasteiger partial charge >= 0.3 is 5.97 Å². The van der Waals surface area contributed by atoms with Gasteiger partial charge in [0.15, 0.2) is 0 Å². The molecule has 0 saturated heterocycles. The number of carbonyl (C=O) groups excluding carboxylic acids is 1. The highest BCUT2D eigenvalue weighted by Crippen LogP contribution is 2.75. The van der Waals surface area contributed by atoms with Crippen molar-refractivity contribution in [1.82, 2.24) is 0 Å². The maximum absolute atomic E-state index is 11.8. The van der Waals surface area contributed by atoms with E-state index in [-0.39, 0.29) is 17.5 Å². The number of hydrogen-bond acceptors (Lipinski definition) is 3. The van der Waals surface area contributed by atoms with Crippen LogP contribution in [0.2, 0.25) is 0 Å². The number of aliphatic hydroxyl groups is 1. The van der Waals surface area contributed by atoms with Crippen LogP contribution in [0.15, 0.2) is 24.3 Å². The predicted octanol–water partition coefficient (Wildman–Crippen LogP) is 7.88. The Morgan fingerprint density at radius 2 is 1.57 bits per heavy atom. The van der Waals surface area contributed by atoms with Crippen molar-refractivity contribution in [3.63, 3.8) is 0 Å². The molecule has 0 aromatic heterocycles. The van der Waals surface area contributed by atoms with Gasteiger partial charge in [0.2, 0.25) is 0 Å². The second-order valence-electron chi connectivity index (χ2n) is 14.3. The number of carbonyl (C=O) groups is 1. The van der Waals surface area contributed by atoms with Crippen LogP contribution in [-0.2, 0) is 9.53 Å². The van der Waals surface area contributed by atoms with Gasteiger partial charge < -0.3 is 9.84 Å². The molecule has 0 bridgehead atoms. The SMILES string of the molecule is C=C(CC[C@H](O)C(=C)C)[C@H]1CC[C@@]2(C)[C@@H]1CC[C@@H]1[C@@]3(C)CC[C@H](OC(C)=O)C(C)(C)[C@@H]3CC[C@]12C. The van der Waals surface area contributed by atoms with E-state index in [0.717, 1.165) is 30.8 Å². The third-order valence-corrected chi connectivity index (χ3v) is 12.5. The molecule has 0 aromatic carbocycles. The summed E-state index contributed by atoms with van der Waals surface area (Å²) in [6.45, 7) is 24.6. The molecule has 198 valence electrons. The quantitative estimate of drug-likeness (QED) is 0.308. The fraction of sp³-hybridized carbons (Fsp3) is 0.844. The van der Waals surface area contributed by atoms with Crippen molar-refractivity contribution in [3.05, 3.63) is 24.3 Å². The molecule has 3 heteroatoms. The summed E-state index contributed by atoms with van der Waals surface area (Å²) >= 11 is 0. The Balaban J connectivity index is 1.56. The van der Waals surface area contributed by atoms with Crippen LogP contribution in [0.4, 0.5) is 0 Å². The van der Waals surface area contributed by atoms with E-state index in [9.17, 15) is 9.90 Å². The molecule has 3 nitrogen and oxygen atoms in total. The van der Waals surface area contributed by atoms with E-state index in [4.69, 9.17) is 4.74 Å². The maximum Gasteiger partial charge on any atom is 0.302 e. The number of hydrogen-bond donors (Lipinski definition) is 1. The highest BCUT2D eigenvalue weighted by Gasteiger charge is 2.68. The second-order valence-corrected chi connectivity index (χ2v) is 14.3. The summed E-state index contributed by atoms with van der Waals surface area (Å²) in [7, 11) is 0. The van der Waals surface area contributed by atoms with Gasteiger partial charge in [-0.2, -0.15) is 0 Å². The van der Waals surface area contributed by atoms with Crippen LogP contribution in [0.5, 0.6) is 0 Å². The highest BCUT2D eigenvalue weighted by atomic mass is 16.5. The van der Waals surface area contributed by atoms with Gasteiger partial charge in [-0.25, -0.2) is 0 Å². The minimum Gasteiger partial charge on any atom is -0.462 e. The summed E-state index contributed by atoms with van der Waals surface area (Å²) in [5, 5.41) is 10.3. The number of ether oxygens (including phenoxy) is 1. The molecule has 0 unspecified atom stereocenters. The van der Waals surface area contributed by atoms with Crippen molar-refractivity contribution >= 4 is 5.97 Å². The van der Waals surface area contributed by atoms with E-state index in [1.807, 2.05) is 6.92 Å². The molecule has 9 atom stereocenters. The number of allylic oxidation sites excluding steroid dienone is 1. The molecular formula is C32H52O3. The molecule has 0 aliphatic heterocycles. The van der Waals surface area contributed by atoms with Crippen LogP contribution in [0.3, 0.4) is 0 Å². The maximum atomic E-state index is 11.8. The minimum atomic E-state index is -0.409. The fourth-order valence-corrected chi connectivity index (χ4v) is 10.4. The zero-order valence-electron chi connectivity index (χ0n) is 23.7. The lowest BCUT2D eigenvalue weighted by Crippen LogP contribution is -2.64. The van der Waals surface area contributed by atoms with Gasteiger partial charge in [0.05, 0.1) is 6.10 Å². The summed E-state index contributed by atoms with van der Waals surface area (Å²) in [4.78, 5) is 11.8. The summed E-state index contributed by atoms with van der Waals surface area (Å²) < 4.78 is 5.87. The lowest BCUT2D eigenvalue weighted by molar-refractivity contribution is -0.226. The molecule has 35 heavy (non-hydrogen) atoms. The summed E-state index contributed by atoms with van der Waals surface area (Å²) in [6.07, 6.45) is 11.2. The summed E-state index contributed by atoms with van der Waals surface area (Å²) in [5.74, 6) is 2.50. The van der Waals surface area contributed by atoms with Crippen molar-refractivity contribution in [1.29, 1.82) is 0 Å². The number of fused-ring (bicyclic) bond motifs is 5. The Morgan fingerprint density at radius 1 is 0.914 bits per heavy atom. The summed E-state index contributed by atoms with van der Waals surface area (Å²) in [5.41, 5.74) is 3.25. The van der Waals surface area contributed by atoms with Gasteiger partial charge in [-0.15, -0.1) is 0 Å². The van der Waals surface area contributed by atoms with E-state index in [2.05, 4.69) is 47.8 Å². The highest BCUT2D eigenvalue weighted by molar-refractivity contribution is 5.66. The lowest BCUT2D eigenvalue weighted by Gasteiger charge is -2.70. The third kappa shape index (κ3) is 4.07. The smallest absolute Gasteiger partial charge is 0.302 e. The molecule has 4 fully saturated rings. The van der Waals surface area contributed by atoms with Gasteiger partial charge in [-0.1, -0.05) is 58.9 Å². The molecule has 4 aliphatic rings. The Kier molecular flexibility index (Phi) is 6.96. The first-order chi connectivity index (χ1) is 16.2. The molecule has 4 rings (SSSR count). The van der Waals surface area contributed by atoms with Crippen LogP contribution in [0, 0.1) is 45.3 Å². The molecule has 0 amide bonds. The molecule has 0 spiro atoms. The van der Waals surface area contributed by atoms with E-state index in [1.165, 1.54) is 50.5 Å². The Hall–Kier alpha value is -1.09. The van der Waals surface area contributed by atoms with E-state index in [1.54, 1.807) is 6.92 Å². The zero-order valence-corrected chi connectivity index (χ0v) is 23.7. The molecule has 4 aliphatic carbocycles. The van der Waals surface area contributed by atoms with Crippen LogP contribution in [0.1, 0.15) is 113 Å². The largest absolute Gasteiger partial charge is 0.462 e. The number of esters is 1. The topological polar surface area (TPSA) is 46.5 Å². The Bertz CT molecular complexity index is 872. The Morgan fingerprint density at radius 3 is 2.20 bits per heavy atom. The summed E-state index contributed by atoms with van der Waals surface area (Å²) in [6, 6.07) is 0. The van der Waals surface area contributed by atoms with Gasteiger partial charge in [0.25, 0.3) is 0 Å². The van der Waals surface area contributed by atoms with Gasteiger partial charge in [-0.05, 0) is 111 Å². The zero-order chi connectivity index (χ0) is 26.0. The first-order valence-corrected chi connectivity index (χ1v) is 14.4. The second kappa shape index (κ2) is 9.03. The van der Waals surface area contributed by atoms with Crippen LogP contribution < -0.4 is 0 Å². The predicted molar refractivity (Wildman–Crippen MR) is 144 cm³/mol. The first kappa shape index (κ1) is 27.0. The van der Waals surface area contributed by atoms with Crippen molar-refractivity contribution < 1.29 is 14.6 Å². The molecule has 1 N–H and O–H groups in total. The molecule has 4 saturated carbocycles. The first-order valence-electron chi connectivity index (χ1n) is 14.4. The average molecular weight is 485 g/mol. The van der Waals surface area contributed by atoms with Crippen LogP contribution in [0.25, 0.3) is 0 Å². The molecule has 0 aromatic rings. The standard InChI is InChI=1S/C32H52O3/c1-20(2)25(34)12-10-21(3)23-14-18-31(8)24(23)11-13-27-30(7)17-16-28(35-22(4)33)29(5,6)26(30)15-19-32(27,31)9/h23-28,34H,1,3,10-19H2,2,4-9H3/t23-,24-,25+,26+,27-,28+,30+,31+,32-/m1/s1. The van der Waals surface area contributed by atoms with Crippen LogP contribution >= 0.6 is 0 Å². The number of rotatable bonds is 6. The van der Waals surface area contributed by atoms with Gasteiger partial charge in [-0.3, -0.25) is 4.79 Å². The fourth-order valence-electron chi connectivity index (χ4n) is 10.4.